The molecule has 1 aromatic carbocycles. The van der Waals surface area contributed by atoms with E-state index in [1.54, 1.807) is 6.07 Å². The first kappa shape index (κ1) is 16.3. The molecule has 0 aromatic heterocycles. The fourth-order valence-electron chi connectivity index (χ4n) is 1.63. The van der Waals surface area contributed by atoms with Crippen molar-refractivity contribution in [2.24, 2.45) is 5.92 Å². The molecule has 0 saturated heterocycles. The lowest BCUT2D eigenvalue weighted by Gasteiger charge is -2.07. The number of aliphatic hydroxyl groups excluding tert-OH is 1. The van der Waals surface area contributed by atoms with Crippen LogP contribution in [0.3, 0.4) is 0 Å². The standard InChI is InChI=1S/C17H23NO2/c1-14(2)13-18-17(20)16-10-7-9-15(12-16)8-5-3-4-6-11-19/h7,9-10,12,14,19H,3-4,6,11,13H2,1-2H3,(H,18,20). The van der Waals surface area contributed by atoms with E-state index in [9.17, 15) is 4.79 Å². The van der Waals surface area contributed by atoms with Crippen LogP contribution in [-0.4, -0.2) is 24.2 Å². The molecular weight excluding hydrogens is 250 g/mol. The molecule has 0 bridgehead atoms. The molecule has 0 aliphatic rings. The molecule has 0 spiro atoms. The lowest BCUT2D eigenvalue weighted by molar-refractivity contribution is 0.0949. The number of nitrogens with one attached hydrogen (secondary N) is 1. The highest BCUT2D eigenvalue weighted by atomic mass is 16.2. The van der Waals surface area contributed by atoms with E-state index in [-0.39, 0.29) is 12.5 Å². The number of hydrogen-bond acceptors (Lipinski definition) is 2. The Hall–Kier alpha value is -1.79. The van der Waals surface area contributed by atoms with E-state index in [1.807, 2.05) is 18.2 Å². The van der Waals surface area contributed by atoms with Crippen LogP contribution < -0.4 is 5.32 Å². The van der Waals surface area contributed by atoms with E-state index in [0.29, 0.717) is 18.0 Å². The maximum absolute atomic E-state index is 11.9. The molecule has 3 nitrogen and oxygen atoms in total. The number of aliphatic hydroxyl groups is 1. The van der Waals surface area contributed by atoms with Crippen LogP contribution in [0, 0.1) is 17.8 Å². The van der Waals surface area contributed by atoms with Crippen molar-refractivity contribution in [1.29, 1.82) is 0 Å². The number of amides is 1. The van der Waals surface area contributed by atoms with Gasteiger partial charge in [-0.2, -0.15) is 0 Å². The van der Waals surface area contributed by atoms with Crippen LogP contribution in [-0.2, 0) is 0 Å². The molecule has 2 N–H and O–H groups in total. The third kappa shape index (κ3) is 6.40. The van der Waals surface area contributed by atoms with Crippen LogP contribution in [0.4, 0.5) is 0 Å². The largest absolute Gasteiger partial charge is 0.396 e. The maximum atomic E-state index is 11.9. The molecule has 0 heterocycles. The van der Waals surface area contributed by atoms with Crippen molar-refractivity contribution in [3.8, 4) is 11.8 Å². The highest BCUT2D eigenvalue weighted by Gasteiger charge is 2.05. The Morgan fingerprint density at radius 1 is 1.35 bits per heavy atom. The van der Waals surface area contributed by atoms with Crippen molar-refractivity contribution >= 4 is 5.91 Å². The summed E-state index contributed by atoms with van der Waals surface area (Å²) in [6.45, 7) is 5.02. The normalized spacial score (nSPS) is 10.0. The Morgan fingerprint density at radius 3 is 2.85 bits per heavy atom. The number of hydrogen-bond donors (Lipinski definition) is 2. The van der Waals surface area contributed by atoms with E-state index in [1.165, 1.54) is 0 Å². The summed E-state index contributed by atoms with van der Waals surface area (Å²) in [5.74, 6) is 6.50. The third-order valence-corrected chi connectivity index (χ3v) is 2.74. The summed E-state index contributed by atoms with van der Waals surface area (Å²) in [6, 6.07) is 7.36. The molecule has 0 unspecified atom stereocenters. The van der Waals surface area contributed by atoms with Gasteiger partial charge in [0, 0.05) is 30.7 Å². The first-order valence-electron chi connectivity index (χ1n) is 7.11. The predicted molar refractivity (Wildman–Crippen MR) is 81.4 cm³/mol. The summed E-state index contributed by atoms with van der Waals surface area (Å²) < 4.78 is 0. The molecule has 0 fully saturated rings. The number of carbonyl (C=O) groups is 1. The van der Waals surface area contributed by atoms with Gasteiger partial charge >= 0.3 is 0 Å². The molecule has 108 valence electrons. The zero-order chi connectivity index (χ0) is 14.8. The molecule has 20 heavy (non-hydrogen) atoms. The van der Waals surface area contributed by atoms with Crippen LogP contribution in [0.25, 0.3) is 0 Å². The SMILES string of the molecule is CC(C)CNC(=O)c1cccc(C#CCCCCO)c1. The predicted octanol–water partition coefficient (Wildman–Crippen LogP) is 2.59. The summed E-state index contributed by atoms with van der Waals surface area (Å²) in [7, 11) is 0. The zero-order valence-electron chi connectivity index (χ0n) is 12.3. The van der Waals surface area contributed by atoms with Gasteiger partial charge in [-0.1, -0.05) is 31.8 Å². The molecule has 1 amide bonds. The Balaban J connectivity index is 2.58. The molecule has 1 aromatic rings. The highest BCUT2D eigenvalue weighted by Crippen LogP contribution is 2.05. The lowest BCUT2D eigenvalue weighted by Crippen LogP contribution is -2.27. The van der Waals surface area contributed by atoms with Crippen LogP contribution in [0.5, 0.6) is 0 Å². The van der Waals surface area contributed by atoms with Gasteiger partial charge in [0.2, 0.25) is 0 Å². The molecule has 3 heteroatoms. The van der Waals surface area contributed by atoms with Gasteiger partial charge in [-0.3, -0.25) is 4.79 Å². The monoisotopic (exact) mass is 273 g/mol. The first-order valence-corrected chi connectivity index (χ1v) is 7.11. The average molecular weight is 273 g/mol. The van der Waals surface area contributed by atoms with Crippen LogP contribution >= 0.6 is 0 Å². The molecular formula is C17H23NO2. The van der Waals surface area contributed by atoms with Gasteiger partial charge in [0.1, 0.15) is 0 Å². The first-order chi connectivity index (χ1) is 9.63. The molecule has 1 rings (SSSR count). The minimum atomic E-state index is -0.0531. The molecule has 0 saturated carbocycles. The second kappa shape index (κ2) is 9.17. The third-order valence-electron chi connectivity index (χ3n) is 2.74. The Labute approximate surface area is 121 Å². The highest BCUT2D eigenvalue weighted by molar-refractivity contribution is 5.94. The van der Waals surface area contributed by atoms with Gasteiger partial charge in [-0.15, -0.1) is 0 Å². The van der Waals surface area contributed by atoms with Crippen LogP contribution in [0.1, 0.15) is 49.0 Å². The Bertz CT molecular complexity index is 483. The topological polar surface area (TPSA) is 49.3 Å². The smallest absolute Gasteiger partial charge is 0.251 e. The van der Waals surface area contributed by atoms with Gasteiger partial charge in [0.25, 0.3) is 5.91 Å². The molecule has 0 aliphatic heterocycles. The van der Waals surface area contributed by atoms with Crippen molar-refractivity contribution in [1.82, 2.24) is 5.32 Å². The lowest BCUT2D eigenvalue weighted by atomic mass is 10.1. The van der Waals surface area contributed by atoms with E-state index in [2.05, 4.69) is 31.0 Å². The number of benzene rings is 1. The van der Waals surface area contributed by atoms with Crippen LogP contribution in [0.2, 0.25) is 0 Å². The number of rotatable bonds is 6. The van der Waals surface area contributed by atoms with Gasteiger partial charge in [-0.25, -0.2) is 0 Å². The van der Waals surface area contributed by atoms with Gasteiger partial charge in [-0.05, 0) is 37.0 Å². The molecule has 0 radical (unpaired) electrons. The van der Waals surface area contributed by atoms with E-state index >= 15 is 0 Å². The van der Waals surface area contributed by atoms with E-state index < -0.39 is 0 Å². The van der Waals surface area contributed by atoms with Crippen molar-refractivity contribution < 1.29 is 9.90 Å². The minimum absolute atomic E-state index is 0.0531. The summed E-state index contributed by atoms with van der Waals surface area (Å²) in [5.41, 5.74) is 1.50. The minimum Gasteiger partial charge on any atom is -0.396 e. The summed E-state index contributed by atoms with van der Waals surface area (Å²) >= 11 is 0. The molecule has 0 atom stereocenters. The number of carbonyl (C=O) groups excluding carboxylic acids is 1. The average Bonchev–Trinajstić information content (AvgIpc) is 2.45. The Morgan fingerprint density at radius 2 is 2.15 bits per heavy atom. The Kier molecular flexibility index (Phi) is 7.46. The summed E-state index contributed by atoms with van der Waals surface area (Å²) in [5, 5.41) is 11.6. The van der Waals surface area contributed by atoms with Crippen molar-refractivity contribution in [3.63, 3.8) is 0 Å². The van der Waals surface area contributed by atoms with Gasteiger partial charge in [0.15, 0.2) is 0 Å². The summed E-state index contributed by atoms with van der Waals surface area (Å²) in [6.07, 6.45) is 2.45. The van der Waals surface area contributed by atoms with E-state index in [0.717, 1.165) is 24.8 Å². The second-order valence-corrected chi connectivity index (χ2v) is 5.17. The van der Waals surface area contributed by atoms with Gasteiger partial charge < -0.3 is 10.4 Å². The van der Waals surface area contributed by atoms with E-state index in [4.69, 9.17) is 5.11 Å². The quantitative estimate of drug-likeness (QED) is 0.618. The van der Waals surface area contributed by atoms with Crippen molar-refractivity contribution in [2.75, 3.05) is 13.2 Å². The van der Waals surface area contributed by atoms with Crippen LogP contribution in [0.15, 0.2) is 24.3 Å². The maximum Gasteiger partial charge on any atom is 0.251 e. The molecule has 0 aliphatic carbocycles. The van der Waals surface area contributed by atoms with Crippen molar-refractivity contribution in [3.05, 3.63) is 35.4 Å². The second-order valence-electron chi connectivity index (χ2n) is 5.17. The zero-order valence-corrected chi connectivity index (χ0v) is 12.3. The fourth-order valence-corrected chi connectivity index (χ4v) is 1.63. The fraction of sp³-hybridized carbons (Fsp3) is 0.471. The summed E-state index contributed by atoms with van der Waals surface area (Å²) in [4.78, 5) is 11.9. The number of unbranched alkanes of at least 4 members (excludes halogenated alkanes) is 2. The van der Waals surface area contributed by atoms with Gasteiger partial charge in [0.05, 0.1) is 0 Å². The van der Waals surface area contributed by atoms with Crippen molar-refractivity contribution in [2.45, 2.75) is 33.1 Å².